The summed E-state index contributed by atoms with van der Waals surface area (Å²) < 4.78 is 26.7. The van der Waals surface area contributed by atoms with Crippen LogP contribution < -0.4 is 4.90 Å². The molecule has 1 aliphatic rings. The molecular weight excluding hydrogens is 350 g/mol. The smallest absolute Gasteiger partial charge is 0.259 e. The van der Waals surface area contributed by atoms with Gasteiger partial charge in [0.15, 0.2) is 11.6 Å². The summed E-state index contributed by atoms with van der Waals surface area (Å²) in [5.41, 5.74) is 0.465. The Hall–Kier alpha value is -2.47. The summed E-state index contributed by atoms with van der Waals surface area (Å²) in [5.74, 6) is -2.72. The molecule has 2 aromatic rings. The summed E-state index contributed by atoms with van der Waals surface area (Å²) in [6, 6.07) is 9.55. The lowest BCUT2D eigenvalue weighted by Crippen LogP contribution is -2.42. The van der Waals surface area contributed by atoms with Crippen LogP contribution in [-0.4, -0.2) is 29.9 Å². The van der Waals surface area contributed by atoms with Gasteiger partial charge >= 0.3 is 0 Å². The first-order chi connectivity index (χ1) is 12.0. The van der Waals surface area contributed by atoms with Gasteiger partial charge in [0.05, 0.1) is 0 Å². The van der Waals surface area contributed by atoms with Crippen molar-refractivity contribution in [2.24, 2.45) is 0 Å². The second-order valence-electron chi connectivity index (χ2n) is 5.74. The highest BCUT2D eigenvalue weighted by Crippen LogP contribution is 2.24. The van der Waals surface area contributed by atoms with Crippen molar-refractivity contribution in [2.75, 3.05) is 18.1 Å². The molecule has 0 saturated carbocycles. The third-order valence-electron chi connectivity index (χ3n) is 4.02. The molecule has 0 aromatic heterocycles. The first-order valence-corrected chi connectivity index (χ1v) is 8.14. The average molecular weight is 365 g/mol. The first kappa shape index (κ1) is 17.4. The van der Waals surface area contributed by atoms with E-state index in [4.69, 9.17) is 11.6 Å². The molecule has 0 spiro atoms. The Kier molecular flexibility index (Phi) is 4.99. The molecular formula is C18H15ClF2N2O2. The zero-order chi connectivity index (χ0) is 18.0. The van der Waals surface area contributed by atoms with Gasteiger partial charge in [-0.25, -0.2) is 8.78 Å². The number of rotatable bonds is 4. The van der Waals surface area contributed by atoms with E-state index in [0.717, 1.165) is 18.6 Å². The van der Waals surface area contributed by atoms with E-state index in [9.17, 15) is 18.4 Å². The molecule has 3 rings (SSSR count). The van der Waals surface area contributed by atoms with Crippen molar-refractivity contribution in [1.82, 2.24) is 4.90 Å². The number of carbonyl (C=O) groups is 2. The molecule has 1 fully saturated rings. The zero-order valence-corrected chi connectivity index (χ0v) is 14.0. The van der Waals surface area contributed by atoms with Gasteiger partial charge in [-0.1, -0.05) is 17.7 Å². The number of likely N-dealkylation sites (tertiary alicyclic amines) is 1. The maximum absolute atomic E-state index is 13.5. The third kappa shape index (κ3) is 3.79. The van der Waals surface area contributed by atoms with Gasteiger partial charge in [0.25, 0.3) is 5.91 Å². The molecule has 0 N–H and O–H groups in total. The number of benzene rings is 2. The van der Waals surface area contributed by atoms with Gasteiger partial charge in [0.1, 0.15) is 6.67 Å². The fourth-order valence-electron chi connectivity index (χ4n) is 2.72. The molecule has 0 bridgehead atoms. The van der Waals surface area contributed by atoms with E-state index in [0.29, 0.717) is 23.7 Å². The highest BCUT2D eigenvalue weighted by Gasteiger charge is 2.27. The molecule has 0 aliphatic carbocycles. The second kappa shape index (κ2) is 7.19. The summed E-state index contributed by atoms with van der Waals surface area (Å²) >= 11 is 6.00. The molecule has 0 radical (unpaired) electrons. The highest BCUT2D eigenvalue weighted by molar-refractivity contribution is 6.31. The SMILES string of the molecule is O=C1CCCN1CN(C(=O)c1ccc(F)c(F)c1)c1cccc(Cl)c1. The molecule has 0 atom stereocenters. The van der Waals surface area contributed by atoms with Gasteiger partial charge in [-0.15, -0.1) is 0 Å². The van der Waals surface area contributed by atoms with E-state index in [1.165, 1.54) is 11.0 Å². The molecule has 1 saturated heterocycles. The van der Waals surface area contributed by atoms with Crippen LogP contribution in [0.15, 0.2) is 42.5 Å². The van der Waals surface area contributed by atoms with Gasteiger partial charge in [0, 0.05) is 29.2 Å². The Morgan fingerprint density at radius 1 is 1.16 bits per heavy atom. The highest BCUT2D eigenvalue weighted by atomic mass is 35.5. The number of hydrogen-bond donors (Lipinski definition) is 0. The van der Waals surface area contributed by atoms with E-state index in [-0.39, 0.29) is 18.1 Å². The number of halogens is 3. The van der Waals surface area contributed by atoms with Crippen molar-refractivity contribution in [3.63, 3.8) is 0 Å². The molecule has 130 valence electrons. The van der Waals surface area contributed by atoms with Crippen molar-refractivity contribution < 1.29 is 18.4 Å². The minimum atomic E-state index is -1.10. The Morgan fingerprint density at radius 3 is 2.60 bits per heavy atom. The fourth-order valence-corrected chi connectivity index (χ4v) is 2.90. The lowest BCUT2D eigenvalue weighted by Gasteiger charge is -2.28. The zero-order valence-electron chi connectivity index (χ0n) is 13.2. The van der Waals surface area contributed by atoms with Crippen LogP contribution in [0.4, 0.5) is 14.5 Å². The van der Waals surface area contributed by atoms with Crippen LogP contribution in [0, 0.1) is 11.6 Å². The molecule has 2 aromatic carbocycles. The van der Waals surface area contributed by atoms with E-state index in [2.05, 4.69) is 0 Å². The quantitative estimate of drug-likeness (QED) is 0.827. The second-order valence-corrected chi connectivity index (χ2v) is 6.18. The van der Waals surface area contributed by atoms with Crippen LogP contribution >= 0.6 is 11.6 Å². The molecule has 4 nitrogen and oxygen atoms in total. The van der Waals surface area contributed by atoms with Gasteiger partial charge in [-0.05, 0) is 42.8 Å². The van der Waals surface area contributed by atoms with E-state index < -0.39 is 17.5 Å². The van der Waals surface area contributed by atoms with Crippen molar-refractivity contribution in [3.05, 3.63) is 64.7 Å². The summed E-state index contributed by atoms with van der Waals surface area (Å²) in [5, 5.41) is 0.424. The van der Waals surface area contributed by atoms with Crippen LogP contribution in [-0.2, 0) is 4.79 Å². The Labute approximate surface area is 148 Å². The van der Waals surface area contributed by atoms with Crippen molar-refractivity contribution in [1.29, 1.82) is 0 Å². The number of nitrogens with zero attached hydrogens (tertiary/aromatic N) is 2. The monoisotopic (exact) mass is 364 g/mol. The molecule has 7 heteroatoms. The number of anilines is 1. The Balaban J connectivity index is 1.95. The molecule has 25 heavy (non-hydrogen) atoms. The van der Waals surface area contributed by atoms with Crippen molar-refractivity contribution in [2.45, 2.75) is 12.8 Å². The maximum Gasteiger partial charge on any atom is 0.259 e. The predicted molar refractivity (Wildman–Crippen MR) is 90.4 cm³/mol. The fraction of sp³-hybridized carbons (Fsp3) is 0.222. The number of amides is 2. The lowest BCUT2D eigenvalue weighted by molar-refractivity contribution is -0.127. The average Bonchev–Trinajstić information content (AvgIpc) is 2.99. The molecule has 2 amide bonds. The number of hydrogen-bond acceptors (Lipinski definition) is 2. The van der Waals surface area contributed by atoms with Gasteiger partial charge in [-0.2, -0.15) is 0 Å². The number of carbonyl (C=O) groups excluding carboxylic acids is 2. The minimum Gasteiger partial charge on any atom is -0.324 e. The van der Waals surface area contributed by atoms with E-state index in [1.54, 1.807) is 29.2 Å². The molecule has 1 aliphatic heterocycles. The van der Waals surface area contributed by atoms with Crippen molar-refractivity contribution >= 4 is 29.1 Å². The predicted octanol–water partition coefficient (Wildman–Crippen LogP) is 3.84. The van der Waals surface area contributed by atoms with Crippen LogP contribution in [0.2, 0.25) is 5.02 Å². The van der Waals surface area contributed by atoms with Gasteiger partial charge < -0.3 is 4.90 Å². The van der Waals surface area contributed by atoms with Crippen LogP contribution in [0.3, 0.4) is 0 Å². The largest absolute Gasteiger partial charge is 0.324 e. The Bertz CT molecular complexity index is 828. The summed E-state index contributed by atoms with van der Waals surface area (Å²) in [6.45, 7) is 0.567. The lowest BCUT2D eigenvalue weighted by atomic mass is 10.1. The summed E-state index contributed by atoms with van der Waals surface area (Å²) in [4.78, 5) is 27.7. The first-order valence-electron chi connectivity index (χ1n) is 7.76. The maximum atomic E-state index is 13.5. The summed E-state index contributed by atoms with van der Waals surface area (Å²) in [6.07, 6.45) is 1.16. The molecule has 1 heterocycles. The van der Waals surface area contributed by atoms with E-state index >= 15 is 0 Å². The summed E-state index contributed by atoms with van der Waals surface area (Å²) in [7, 11) is 0. The van der Waals surface area contributed by atoms with E-state index in [1.807, 2.05) is 0 Å². The van der Waals surface area contributed by atoms with Crippen LogP contribution in [0.25, 0.3) is 0 Å². The van der Waals surface area contributed by atoms with Crippen molar-refractivity contribution in [3.8, 4) is 0 Å². The van der Waals surface area contributed by atoms with Crippen LogP contribution in [0.1, 0.15) is 23.2 Å². The topological polar surface area (TPSA) is 40.6 Å². The molecule has 0 unspecified atom stereocenters. The minimum absolute atomic E-state index is 0.00878. The van der Waals surface area contributed by atoms with Gasteiger partial charge in [-0.3, -0.25) is 14.5 Å². The third-order valence-corrected chi connectivity index (χ3v) is 4.25. The normalized spacial score (nSPS) is 14.0. The van der Waals surface area contributed by atoms with Gasteiger partial charge in [0.2, 0.25) is 5.91 Å². The standard InChI is InChI=1S/C18H15ClF2N2O2/c19-13-3-1-4-14(10-13)23(11-22-8-2-5-17(22)24)18(25)12-6-7-15(20)16(21)9-12/h1,3-4,6-7,9-10H,2,5,8,11H2. The van der Waals surface area contributed by atoms with Crippen LogP contribution in [0.5, 0.6) is 0 Å². The Morgan fingerprint density at radius 2 is 1.96 bits per heavy atom.